The van der Waals surface area contributed by atoms with Crippen molar-refractivity contribution >= 4 is 11.4 Å². The molecule has 3 N–H and O–H groups in total. The van der Waals surface area contributed by atoms with E-state index in [1.165, 1.54) is 32.1 Å². The maximum absolute atomic E-state index is 6.10. The van der Waals surface area contributed by atoms with Gasteiger partial charge in [0.1, 0.15) is 0 Å². The Hall–Kier alpha value is -1.18. The Balaban J connectivity index is 2.02. The monoisotopic (exact) mass is 232 g/mol. The molecule has 17 heavy (non-hydrogen) atoms. The highest BCUT2D eigenvalue weighted by Gasteiger charge is 2.20. The van der Waals surface area contributed by atoms with Crippen molar-refractivity contribution in [2.45, 2.75) is 52.0 Å². The molecule has 0 amide bonds. The first-order valence-electron chi connectivity index (χ1n) is 6.82. The first kappa shape index (κ1) is 12.3. The lowest BCUT2D eigenvalue weighted by Crippen LogP contribution is -2.27. The van der Waals surface area contributed by atoms with Crippen molar-refractivity contribution in [1.29, 1.82) is 0 Å². The van der Waals surface area contributed by atoms with E-state index in [1.54, 1.807) is 0 Å². The fraction of sp³-hybridized carbons (Fsp3) is 0.600. The van der Waals surface area contributed by atoms with Gasteiger partial charge >= 0.3 is 0 Å². The number of nitrogens with two attached hydrogens (primary N) is 1. The first-order valence-corrected chi connectivity index (χ1v) is 6.82. The Kier molecular flexibility index (Phi) is 3.93. The van der Waals surface area contributed by atoms with Gasteiger partial charge in [-0.25, -0.2) is 0 Å². The van der Waals surface area contributed by atoms with Gasteiger partial charge in [0.15, 0.2) is 0 Å². The molecule has 1 saturated carbocycles. The summed E-state index contributed by atoms with van der Waals surface area (Å²) in [7, 11) is 0. The van der Waals surface area contributed by atoms with Crippen molar-refractivity contribution < 1.29 is 0 Å². The zero-order valence-electron chi connectivity index (χ0n) is 11.0. The number of aryl methyl sites for hydroxylation is 1. The van der Waals surface area contributed by atoms with Crippen molar-refractivity contribution in [3.05, 3.63) is 23.8 Å². The van der Waals surface area contributed by atoms with Crippen LogP contribution in [0.15, 0.2) is 18.2 Å². The predicted molar refractivity (Wildman–Crippen MR) is 75.3 cm³/mol. The average Bonchev–Trinajstić information content (AvgIpc) is 2.35. The quantitative estimate of drug-likeness (QED) is 0.774. The molecule has 2 nitrogen and oxygen atoms in total. The maximum atomic E-state index is 6.10. The molecule has 0 aromatic heterocycles. The first-order chi connectivity index (χ1) is 8.20. The van der Waals surface area contributed by atoms with Crippen molar-refractivity contribution in [3.8, 4) is 0 Å². The van der Waals surface area contributed by atoms with Gasteiger partial charge in [0.2, 0.25) is 0 Å². The number of hydrogen-bond donors (Lipinski definition) is 2. The van der Waals surface area contributed by atoms with E-state index in [2.05, 4.69) is 37.4 Å². The number of anilines is 2. The Morgan fingerprint density at radius 1 is 1.35 bits per heavy atom. The highest BCUT2D eigenvalue weighted by molar-refractivity contribution is 5.69. The van der Waals surface area contributed by atoms with E-state index in [-0.39, 0.29) is 0 Å². The molecule has 94 valence electrons. The molecule has 2 unspecified atom stereocenters. The summed E-state index contributed by atoms with van der Waals surface area (Å²) in [6.07, 6.45) is 6.63. The van der Waals surface area contributed by atoms with Crippen LogP contribution >= 0.6 is 0 Å². The van der Waals surface area contributed by atoms with Gasteiger partial charge < -0.3 is 11.1 Å². The molecule has 2 rings (SSSR count). The van der Waals surface area contributed by atoms with Gasteiger partial charge in [-0.15, -0.1) is 0 Å². The molecular weight excluding hydrogens is 208 g/mol. The maximum Gasteiger partial charge on any atom is 0.0579 e. The minimum absolute atomic E-state index is 0.609. The summed E-state index contributed by atoms with van der Waals surface area (Å²) in [5, 5.41) is 3.63. The van der Waals surface area contributed by atoms with Crippen LogP contribution in [0.4, 0.5) is 11.4 Å². The highest BCUT2D eigenvalue weighted by Crippen LogP contribution is 2.30. The molecule has 0 heterocycles. The zero-order chi connectivity index (χ0) is 12.3. The van der Waals surface area contributed by atoms with Crippen LogP contribution in [0.2, 0.25) is 0 Å². The van der Waals surface area contributed by atoms with Crippen molar-refractivity contribution in [1.82, 2.24) is 0 Å². The summed E-state index contributed by atoms with van der Waals surface area (Å²) in [4.78, 5) is 0. The topological polar surface area (TPSA) is 38.0 Å². The molecule has 2 atom stereocenters. The summed E-state index contributed by atoms with van der Waals surface area (Å²) in [6.45, 7) is 4.37. The van der Waals surface area contributed by atoms with Crippen LogP contribution < -0.4 is 11.1 Å². The molecule has 1 fully saturated rings. The molecule has 0 spiro atoms. The molecule has 1 aromatic rings. The van der Waals surface area contributed by atoms with Gasteiger partial charge in [-0.05, 0) is 37.3 Å². The third-order valence-corrected chi connectivity index (χ3v) is 4.04. The number of benzene rings is 1. The van der Waals surface area contributed by atoms with E-state index >= 15 is 0 Å². The van der Waals surface area contributed by atoms with Gasteiger partial charge in [0.05, 0.1) is 11.4 Å². The van der Waals surface area contributed by atoms with Crippen LogP contribution in [0.25, 0.3) is 0 Å². The summed E-state index contributed by atoms with van der Waals surface area (Å²) in [5.41, 5.74) is 9.29. The zero-order valence-corrected chi connectivity index (χ0v) is 11.0. The molecule has 0 aliphatic heterocycles. The van der Waals surface area contributed by atoms with E-state index in [4.69, 9.17) is 5.73 Å². The second-order valence-corrected chi connectivity index (χ2v) is 5.32. The van der Waals surface area contributed by atoms with Crippen LogP contribution in [0.1, 0.15) is 44.6 Å². The van der Waals surface area contributed by atoms with Gasteiger partial charge in [-0.2, -0.15) is 0 Å². The van der Waals surface area contributed by atoms with Crippen LogP contribution in [-0.4, -0.2) is 6.04 Å². The summed E-state index contributed by atoms with van der Waals surface area (Å²) in [5.74, 6) is 0.896. The molecule has 1 aliphatic rings. The summed E-state index contributed by atoms with van der Waals surface area (Å²) < 4.78 is 0. The second kappa shape index (κ2) is 5.44. The Labute approximate surface area is 105 Å². The minimum Gasteiger partial charge on any atom is -0.397 e. The largest absolute Gasteiger partial charge is 0.397 e. The lowest BCUT2D eigenvalue weighted by molar-refractivity contribution is 0.327. The molecule has 1 aliphatic carbocycles. The van der Waals surface area contributed by atoms with Crippen molar-refractivity contribution in [2.75, 3.05) is 11.1 Å². The Morgan fingerprint density at radius 3 is 2.94 bits per heavy atom. The average molecular weight is 232 g/mol. The number of nitrogen functional groups attached to an aromatic ring is 1. The van der Waals surface area contributed by atoms with Crippen molar-refractivity contribution in [3.63, 3.8) is 0 Å². The van der Waals surface area contributed by atoms with Gasteiger partial charge in [-0.1, -0.05) is 38.3 Å². The van der Waals surface area contributed by atoms with E-state index in [9.17, 15) is 0 Å². The van der Waals surface area contributed by atoms with Crippen LogP contribution in [-0.2, 0) is 0 Å². The third kappa shape index (κ3) is 2.93. The normalized spacial score (nSPS) is 24.6. The molecule has 2 heteroatoms. The smallest absolute Gasteiger partial charge is 0.0579 e. The van der Waals surface area contributed by atoms with E-state index < -0.39 is 0 Å². The number of para-hydroxylation sites is 1. The fourth-order valence-electron chi connectivity index (χ4n) is 2.82. The Morgan fingerprint density at radius 2 is 2.18 bits per heavy atom. The van der Waals surface area contributed by atoms with E-state index in [1.807, 2.05) is 0 Å². The number of nitrogens with one attached hydrogen (secondary N) is 1. The lowest BCUT2D eigenvalue weighted by atomic mass is 9.84. The summed E-state index contributed by atoms with van der Waals surface area (Å²) in [6, 6.07) is 6.85. The van der Waals surface area contributed by atoms with E-state index in [0.717, 1.165) is 22.9 Å². The number of rotatable bonds is 3. The second-order valence-electron chi connectivity index (χ2n) is 5.32. The van der Waals surface area contributed by atoms with Crippen LogP contribution in [0.5, 0.6) is 0 Å². The third-order valence-electron chi connectivity index (χ3n) is 4.04. The highest BCUT2D eigenvalue weighted by atomic mass is 14.9. The standard InChI is InChI=1S/C15H24N2/c1-3-12-7-5-8-13(10-12)17-14-9-4-6-11(2)15(14)16/h4,6,9,12-13,17H,3,5,7-8,10,16H2,1-2H3. The van der Waals surface area contributed by atoms with Gasteiger partial charge in [0, 0.05) is 6.04 Å². The SMILES string of the molecule is CCC1CCCC(Nc2cccc(C)c2N)C1. The lowest BCUT2D eigenvalue weighted by Gasteiger charge is -2.30. The minimum atomic E-state index is 0.609. The van der Waals surface area contributed by atoms with Gasteiger partial charge in [-0.3, -0.25) is 0 Å². The predicted octanol–water partition coefficient (Wildman–Crippen LogP) is 3.96. The van der Waals surface area contributed by atoms with Crippen LogP contribution in [0, 0.1) is 12.8 Å². The van der Waals surface area contributed by atoms with Gasteiger partial charge in [0.25, 0.3) is 0 Å². The number of hydrogen-bond acceptors (Lipinski definition) is 2. The van der Waals surface area contributed by atoms with Crippen molar-refractivity contribution in [2.24, 2.45) is 5.92 Å². The fourth-order valence-corrected chi connectivity index (χ4v) is 2.82. The molecule has 0 saturated heterocycles. The van der Waals surface area contributed by atoms with E-state index in [0.29, 0.717) is 6.04 Å². The Bertz CT molecular complexity index is 373. The molecule has 1 aromatic carbocycles. The summed E-state index contributed by atoms with van der Waals surface area (Å²) >= 11 is 0. The molecular formula is C15H24N2. The molecule has 0 radical (unpaired) electrons. The van der Waals surface area contributed by atoms with Crippen LogP contribution in [0.3, 0.4) is 0 Å². The molecule has 0 bridgehead atoms.